The van der Waals surface area contributed by atoms with Gasteiger partial charge in [-0.1, -0.05) is 12.1 Å². The topological polar surface area (TPSA) is 66.5 Å². The minimum atomic E-state index is -0.166. The molecule has 6 heteroatoms. The molecule has 1 aromatic carbocycles. The first-order chi connectivity index (χ1) is 12.7. The number of para-hydroxylation sites is 2. The van der Waals surface area contributed by atoms with Crippen LogP contribution in [0.3, 0.4) is 0 Å². The van der Waals surface area contributed by atoms with Gasteiger partial charge in [0.2, 0.25) is 5.78 Å². The van der Waals surface area contributed by atoms with Gasteiger partial charge >= 0.3 is 0 Å². The zero-order valence-electron chi connectivity index (χ0n) is 14.7. The predicted molar refractivity (Wildman–Crippen MR) is 97.3 cm³/mol. The first-order valence-corrected chi connectivity index (χ1v) is 8.30. The van der Waals surface area contributed by atoms with Crippen molar-refractivity contribution >= 4 is 11.9 Å². The van der Waals surface area contributed by atoms with Gasteiger partial charge in [0, 0.05) is 12.7 Å². The Morgan fingerprint density at radius 2 is 2.00 bits per heavy atom. The largest absolute Gasteiger partial charge is 0.493 e. The molecule has 0 spiro atoms. The minimum absolute atomic E-state index is 0.166. The molecule has 0 fully saturated rings. The minimum Gasteiger partial charge on any atom is -0.493 e. The lowest BCUT2D eigenvalue weighted by atomic mass is 10.2. The molecule has 0 aliphatic rings. The Bertz CT molecular complexity index is 908. The molecule has 0 unspecified atom stereocenters. The molecule has 0 aliphatic carbocycles. The lowest BCUT2D eigenvalue weighted by molar-refractivity contribution is 0.104. The van der Waals surface area contributed by atoms with Crippen molar-refractivity contribution in [3.05, 3.63) is 72.0 Å². The second-order valence-electron chi connectivity index (χ2n) is 5.50. The van der Waals surface area contributed by atoms with Crippen LogP contribution >= 0.6 is 0 Å². The van der Waals surface area contributed by atoms with E-state index in [1.807, 2.05) is 37.3 Å². The zero-order chi connectivity index (χ0) is 18.4. The molecule has 2 aromatic heterocycles. The smallest absolute Gasteiger partial charge is 0.206 e. The maximum atomic E-state index is 12.1. The van der Waals surface area contributed by atoms with Crippen molar-refractivity contribution in [2.24, 2.45) is 0 Å². The number of hydrogen-bond acceptors (Lipinski definition) is 5. The summed E-state index contributed by atoms with van der Waals surface area (Å²) in [6, 6.07) is 12.7. The highest BCUT2D eigenvalue weighted by molar-refractivity contribution is 6.05. The number of rotatable bonds is 8. The Morgan fingerprint density at radius 1 is 1.19 bits per heavy atom. The van der Waals surface area contributed by atoms with Gasteiger partial charge in [-0.2, -0.15) is 5.10 Å². The summed E-state index contributed by atoms with van der Waals surface area (Å²) >= 11 is 0. The van der Waals surface area contributed by atoms with Crippen LogP contribution in [-0.4, -0.2) is 22.7 Å². The van der Waals surface area contributed by atoms with Crippen molar-refractivity contribution in [2.75, 3.05) is 7.11 Å². The third kappa shape index (κ3) is 4.22. The number of ketones is 1. The summed E-state index contributed by atoms with van der Waals surface area (Å²) in [6.45, 7) is 2.96. The quantitative estimate of drug-likeness (QED) is 0.453. The van der Waals surface area contributed by atoms with E-state index in [0.717, 1.165) is 6.54 Å². The molecule has 0 radical (unpaired) electrons. The van der Waals surface area contributed by atoms with E-state index in [9.17, 15) is 4.79 Å². The molecule has 0 saturated heterocycles. The third-order valence-corrected chi connectivity index (χ3v) is 3.74. The number of allylic oxidation sites excluding steroid dienone is 1. The Balaban J connectivity index is 1.60. The fraction of sp³-hybridized carbons (Fsp3) is 0.200. The summed E-state index contributed by atoms with van der Waals surface area (Å²) < 4.78 is 18.3. The van der Waals surface area contributed by atoms with Gasteiger partial charge in [0.15, 0.2) is 11.5 Å². The monoisotopic (exact) mass is 352 g/mol. The fourth-order valence-electron chi connectivity index (χ4n) is 2.36. The van der Waals surface area contributed by atoms with E-state index >= 15 is 0 Å². The van der Waals surface area contributed by atoms with Gasteiger partial charge in [-0.3, -0.25) is 9.48 Å². The van der Waals surface area contributed by atoms with Crippen LogP contribution in [0.4, 0.5) is 0 Å². The van der Waals surface area contributed by atoms with E-state index in [2.05, 4.69) is 5.10 Å². The molecule has 0 bridgehead atoms. The van der Waals surface area contributed by atoms with Crippen LogP contribution in [-0.2, 0) is 13.2 Å². The third-order valence-electron chi connectivity index (χ3n) is 3.74. The summed E-state index contributed by atoms with van der Waals surface area (Å²) in [4.78, 5) is 12.1. The van der Waals surface area contributed by atoms with Crippen molar-refractivity contribution in [1.82, 2.24) is 9.78 Å². The summed E-state index contributed by atoms with van der Waals surface area (Å²) in [5.74, 6) is 2.37. The maximum Gasteiger partial charge on any atom is 0.206 e. The highest BCUT2D eigenvalue weighted by Gasteiger charge is 2.08. The van der Waals surface area contributed by atoms with E-state index in [-0.39, 0.29) is 12.4 Å². The average Bonchev–Trinajstić information content (AvgIpc) is 3.34. The number of aryl methyl sites for hydroxylation is 1. The summed E-state index contributed by atoms with van der Waals surface area (Å²) in [6.07, 6.45) is 4.85. The van der Waals surface area contributed by atoms with Crippen LogP contribution in [0.15, 0.2) is 59.2 Å². The average molecular weight is 352 g/mol. The Kier molecular flexibility index (Phi) is 5.53. The van der Waals surface area contributed by atoms with Crippen LogP contribution in [0.1, 0.15) is 28.9 Å². The maximum absolute atomic E-state index is 12.1. The lowest BCUT2D eigenvalue weighted by Gasteiger charge is -2.08. The van der Waals surface area contributed by atoms with Crippen molar-refractivity contribution < 1.29 is 18.7 Å². The van der Waals surface area contributed by atoms with Gasteiger partial charge in [-0.25, -0.2) is 0 Å². The molecule has 0 N–H and O–H groups in total. The number of carbonyl (C=O) groups excluding carboxylic acids is 1. The van der Waals surface area contributed by atoms with Gasteiger partial charge in [0.25, 0.3) is 0 Å². The molecule has 0 saturated carbocycles. The van der Waals surface area contributed by atoms with Crippen LogP contribution in [0.25, 0.3) is 6.08 Å². The van der Waals surface area contributed by atoms with E-state index in [4.69, 9.17) is 13.9 Å². The Hall–Kier alpha value is -3.28. The van der Waals surface area contributed by atoms with Gasteiger partial charge < -0.3 is 13.9 Å². The van der Waals surface area contributed by atoms with E-state index in [1.165, 1.54) is 6.08 Å². The normalized spacial score (nSPS) is 11.0. The van der Waals surface area contributed by atoms with E-state index in [1.54, 1.807) is 36.2 Å². The van der Waals surface area contributed by atoms with Crippen LogP contribution in [0.5, 0.6) is 11.5 Å². The highest BCUT2D eigenvalue weighted by Crippen LogP contribution is 2.26. The molecule has 6 nitrogen and oxygen atoms in total. The molecule has 26 heavy (non-hydrogen) atoms. The van der Waals surface area contributed by atoms with Crippen LogP contribution in [0.2, 0.25) is 0 Å². The number of hydrogen-bond donors (Lipinski definition) is 0. The lowest BCUT2D eigenvalue weighted by Crippen LogP contribution is -1.99. The van der Waals surface area contributed by atoms with Gasteiger partial charge in [-0.05, 0) is 49.4 Å². The van der Waals surface area contributed by atoms with E-state index in [0.29, 0.717) is 28.7 Å². The van der Waals surface area contributed by atoms with Gasteiger partial charge in [0.05, 0.1) is 7.11 Å². The summed E-state index contributed by atoms with van der Waals surface area (Å²) in [5, 5.41) is 4.18. The number of nitrogens with zero attached hydrogens (tertiary/aromatic N) is 2. The number of aromatic nitrogens is 2. The second-order valence-corrected chi connectivity index (χ2v) is 5.50. The number of carbonyl (C=O) groups is 1. The molecule has 134 valence electrons. The number of furan rings is 1. The fourth-order valence-corrected chi connectivity index (χ4v) is 2.36. The zero-order valence-corrected chi connectivity index (χ0v) is 14.7. The standard InChI is InChI=1S/C20H20N2O4/c1-3-22-13-12-17(21-22)18(23)11-10-15-8-9-16(26-15)14-25-20-7-5-4-6-19(20)24-2/h4-13H,3,14H2,1-2H3/b11-10+. The number of benzene rings is 1. The molecule has 0 amide bonds. The van der Waals surface area contributed by atoms with Crippen molar-refractivity contribution in [3.8, 4) is 11.5 Å². The Morgan fingerprint density at radius 3 is 2.73 bits per heavy atom. The predicted octanol–water partition coefficient (Wildman–Crippen LogP) is 3.98. The molecule has 3 aromatic rings. The number of methoxy groups -OCH3 is 1. The molecule has 0 atom stereocenters. The Labute approximate surface area is 151 Å². The first-order valence-electron chi connectivity index (χ1n) is 8.30. The SMILES string of the molecule is CCn1ccc(C(=O)/C=C/c2ccc(COc3ccccc3OC)o2)n1. The highest BCUT2D eigenvalue weighted by atomic mass is 16.5. The van der Waals surface area contributed by atoms with Gasteiger partial charge in [-0.15, -0.1) is 0 Å². The summed E-state index contributed by atoms with van der Waals surface area (Å²) in [5.41, 5.74) is 0.411. The molecular weight excluding hydrogens is 332 g/mol. The molecule has 2 heterocycles. The summed E-state index contributed by atoms with van der Waals surface area (Å²) in [7, 11) is 1.60. The van der Waals surface area contributed by atoms with Gasteiger partial charge in [0.1, 0.15) is 23.8 Å². The van der Waals surface area contributed by atoms with Crippen LogP contribution in [0, 0.1) is 0 Å². The van der Waals surface area contributed by atoms with Crippen molar-refractivity contribution in [3.63, 3.8) is 0 Å². The second kappa shape index (κ2) is 8.20. The van der Waals surface area contributed by atoms with Crippen LogP contribution < -0.4 is 9.47 Å². The number of ether oxygens (including phenoxy) is 2. The molecular formula is C20H20N2O4. The molecule has 0 aliphatic heterocycles. The van der Waals surface area contributed by atoms with Crippen molar-refractivity contribution in [2.45, 2.75) is 20.1 Å². The van der Waals surface area contributed by atoms with E-state index < -0.39 is 0 Å². The van der Waals surface area contributed by atoms with Crippen molar-refractivity contribution in [1.29, 1.82) is 0 Å². The first kappa shape index (κ1) is 17.5. The molecule has 3 rings (SSSR count).